The Bertz CT molecular complexity index is 709. The molecule has 0 radical (unpaired) electrons. The fourth-order valence-corrected chi connectivity index (χ4v) is 2.51. The highest BCUT2D eigenvalue weighted by atomic mass is 79.9. The van der Waals surface area contributed by atoms with Gasteiger partial charge in [0.2, 0.25) is 0 Å². The van der Waals surface area contributed by atoms with E-state index in [4.69, 9.17) is 11.6 Å². The summed E-state index contributed by atoms with van der Waals surface area (Å²) in [4.78, 5) is 27.6. The Balaban J connectivity index is 2.16. The van der Waals surface area contributed by atoms with Crippen molar-refractivity contribution in [3.63, 3.8) is 0 Å². The second-order valence-electron chi connectivity index (χ2n) is 4.50. The van der Waals surface area contributed by atoms with Crippen molar-refractivity contribution in [1.82, 2.24) is 10.3 Å². The average molecular weight is 384 g/mol. The number of benzene rings is 1. The van der Waals surface area contributed by atoms with E-state index in [0.717, 1.165) is 0 Å². The van der Waals surface area contributed by atoms with Crippen molar-refractivity contribution >= 4 is 39.4 Å². The first kappa shape index (κ1) is 16.5. The minimum Gasteiger partial charge on any atom is -0.480 e. The number of aliphatic carboxylic acids is 1. The monoisotopic (exact) mass is 382 g/mol. The first-order chi connectivity index (χ1) is 10.5. The smallest absolute Gasteiger partial charge is 0.326 e. The molecule has 22 heavy (non-hydrogen) atoms. The lowest BCUT2D eigenvalue weighted by molar-refractivity contribution is -0.139. The molecule has 2 aromatic rings. The molecule has 5 nitrogen and oxygen atoms in total. The number of halogens is 2. The van der Waals surface area contributed by atoms with Crippen LogP contribution in [0.3, 0.4) is 0 Å². The van der Waals surface area contributed by atoms with Crippen LogP contribution in [-0.4, -0.2) is 28.0 Å². The Morgan fingerprint density at radius 3 is 2.64 bits per heavy atom. The fourth-order valence-electron chi connectivity index (χ4n) is 1.87. The zero-order valence-electron chi connectivity index (χ0n) is 11.3. The van der Waals surface area contributed by atoms with Crippen molar-refractivity contribution in [2.75, 3.05) is 0 Å². The molecule has 1 amide bonds. The summed E-state index contributed by atoms with van der Waals surface area (Å²) in [6.07, 6.45) is 1.70. The topological polar surface area (TPSA) is 79.3 Å². The Kier molecular flexibility index (Phi) is 5.51. The third kappa shape index (κ3) is 4.05. The standard InChI is InChI=1S/C15H12BrClN2O3/c16-13-9(4-3-7-18-13)8-12(15(21)22)19-14(20)10-5-1-2-6-11(10)17/h1-7,12H,8H2,(H,19,20)(H,21,22)/t12-/m0/s1. The largest absolute Gasteiger partial charge is 0.480 e. The van der Waals surface area contributed by atoms with Crippen LogP contribution in [0.15, 0.2) is 47.2 Å². The van der Waals surface area contributed by atoms with Crippen molar-refractivity contribution in [2.24, 2.45) is 0 Å². The maximum atomic E-state index is 12.2. The van der Waals surface area contributed by atoms with Crippen molar-refractivity contribution in [1.29, 1.82) is 0 Å². The Labute approximate surface area is 140 Å². The lowest BCUT2D eigenvalue weighted by atomic mass is 10.1. The van der Waals surface area contributed by atoms with E-state index >= 15 is 0 Å². The number of carboxylic acid groups (broad SMARTS) is 1. The van der Waals surface area contributed by atoms with Crippen LogP contribution in [0.4, 0.5) is 0 Å². The van der Waals surface area contributed by atoms with E-state index in [2.05, 4.69) is 26.2 Å². The molecule has 0 unspecified atom stereocenters. The summed E-state index contributed by atoms with van der Waals surface area (Å²) >= 11 is 9.20. The lowest BCUT2D eigenvalue weighted by Crippen LogP contribution is -2.42. The molecule has 0 fully saturated rings. The molecule has 1 atom stereocenters. The Morgan fingerprint density at radius 2 is 2.00 bits per heavy atom. The average Bonchev–Trinajstić information content (AvgIpc) is 2.49. The molecule has 2 rings (SSSR count). The van der Waals surface area contributed by atoms with E-state index < -0.39 is 17.9 Å². The SMILES string of the molecule is O=C(N[C@@H](Cc1cccnc1Br)C(=O)O)c1ccccc1Cl. The number of pyridine rings is 1. The molecule has 0 bridgehead atoms. The van der Waals surface area contributed by atoms with Gasteiger partial charge >= 0.3 is 5.97 Å². The predicted octanol–water partition coefficient (Wildman–Crippen LogP) is 2.92. The van der Waals surface area contributed by atoms with E-state index in [1.807, 2.05) is 0 Å². The summed E-state index contributed by atoms with van der Waals surface area (Å²) in [6.45, 7) is 0. The van der Waals surface area contributed by atoms with Crippen molar-refractivity contribution < 1.29 is 14.7 Å². The minimum atomic E-state index is -1.13. The van der Waals surface area contributed by atoms with Gasteiger partial charge in [-0.3, -0.25) is 4.79 Å². The molecule has 1 aromatic heterocycles. The van der Waals surface area contributed by atoms with Crippen LogP contribution in [-0.2, 0) is 11.2 Å². The quantitative estimate of drug-likeness (QED) is 0.778. The predicted molar refractivity (Wildman–Crippen MR) is 86.0 cm³/mol. The first-order valence-electron chi connectivity index (χ1n) is 6.36. The zero-order chi connectivity index (χ0) is 16.1. The molecule has 0 saturated carbocycles. The highest BCUT2D eigenvalue weighted by Crippen LogP contribution is 2.17. The molecule has 0 spiro atoms. The third-order valence-corrected chi connectivity index (χ3v) is 4.03. The molecule has 2 N–H and O–H groups in total. The van der Waals surface area contributed by atoms with E-state index in [-0.39, 0.29) is 17.0 Å². The van der Waals surface area contributed by atoms with Crippen LogP contribution in [0, 0.1) is 0 Å². The van der Waals surface area contributed by atoms with Gasteiger partial charge in [-0.15, -0.1) is 0 Å². The molecule has 0 saturated heterocycles. The maximum absolute atomic E-state index is 12.2. The van der Waals surface area contributed by atoms with Crippen LogP contribution >= 0.6 is 27.5 Å². The molecule has 0 aliphatic heterocycles. The second kappa shape index (κ2) is 7.38. The van der Waals surface area contributed by atoms with E-state index in [1.54, 1.807) is 36.5 Å². The van der Waals surface area contributed by atoms with Gasteiger partial charge < -0.3 is 10.4 Å². The molecule has 1 heterocycles. The number of carbonyl (C=O) groups is 2. The molecule has 0 aliphatic carbocycles. The molecular formula is C15H12BrClN2O3. The van der Waals surface area contributed by atoms with Gasteiger partial charge in [0.15, 0.2) is 0 Å². The van der Waals surface area contributed by atoms with Gasteiger partial charge in [-0.25, -0.2) is 9.78 Å². The van der Waals surface area contributed by atoms with Gasteiger partial charge in [0.05, 0.1) is 10.6 Å². The third-order valence-electron chi connectivity index (χ3n) is 2.98. The van der Waals surface area contributed by atoms with Crippen LogP contribution in [0.2, 0.25) is 5.02 Å². The van der Waals surface area contributed by atoms with Crippen molar-refractivity contribution in [2.45, 2.75) is 12.5 Å². The number of amides is 1. The number of hydrogen-bond acceptors (Lipinski definition) is 3. The molecule has 7 heteroatoms. The fraction of sp³-hybridized carbons (Fsp3) is 0.133. The molecular weight excluding hydrogens is 372 g/mol. The lowest BCUT2D eigenvalue weighted by Gasteiger charge is -2.15. The summed E-state index contributed by atoms with van der Waals surface area (Å²) < 4.78 is 0.549. The number of aromatic nitrogens is 1. The van der Waals surface area contributed by atoms with Crippen LogP contribution in [0.25, 0.3) is 0 Å². The zero-order valence-corrected chi connectivity index (χ0v) is 13.6. The highest BCUT2D eigenvalue weighted by Gasteiger charge is 2.23. The normalized spacial score (nSPS) is 11.7. The number of carbonyl (C=O) groups excluding carboxylic acids is 1. The summed E-state index contributed by atoms with van der Waals surface area (Å²) in [5, 5.41) is 12.1. The maximum Gasteiger partial charge on any atom is 0.326 e. The number of rotatable bonds is 5. The van der Waals surface area contributed by atoms with Gasteiger partial charge in [-0.05, 0) is 39.7 Å². The van der Waals surface area contributed by atoms with Gasteiger partial charge in [-0.1, -0.05) is 29.8 Å². The van der Waals surface area contributed by atoms with Crippen LogP contribution < -0.4 is 5.32 Å². The van der Waals surface area contributed by atoms with Gasteiger partial charge in [-0.2, -0.15) is 0 Å². The van der Waals surface area contributed by atoms with E-state index in [1.165, 1.54) is 6.07 Å². The van der Waals surface area contributed by atoms with Gasteiger partial charge in [0.1, 0.15) is 10.6 Å². The van der Waals surface area contributed by atoms with E-state index in [9.17, 15) is 14.7 Å². The molecule has 0 aliphatic rings. The summed E-state index contributed by atoms with van der Waals surface area (Å²) in [5.74, 6) is -1.66. The summed E-state index contributed by atoms with van der Waals surface area (Å²) in [7, 11) is 0. The second-order valence-corrected chi connectivity index (χ2v) is 5.66. The van der Waals surface area contributed by atoms with E-state index in [0.29, 0.717) is 10.2 Å². The number of hydrogen-bond donors (Lipinski definition) is 2. The van der Waals surface area contributed by atoms with Crippen molar-refractivity contribution in [3.8, 4) is 0 Å². The molecule has 1 aromatic carbocycles. The highest BCUT2D eigenvalue weighted by molar-refractivity contribution is 9.10. The summed E-state index contributed by atoms with van der Waals surface area (Å²) in [5.41, 5.74) is 0.926. The number of carboxylic acids is 1. The van der Waals surface area contributed by atoms with Crippen LogP contribution in [0.5, 0.6) is 0 Å². The number of nitrogens with zero attached hydrogens (tertiary/aromatic N) is 1. The Morgan fingerprint density at radius 1 is 1.27 bits per heavy atom. The van der Waals surface area contributed by atoms with Gasteiger partial charge in [0.25, 0.3) is 5.91 Å². The molecule has 114 valence electrons. The minimum absolute atomic E-state index is 0.111. The van der Waals surface area contributed by atoms with Gasteiger partial charge in [0, 0.05) is 12.6 Å². The van der Waals surface area contributed by atoms with Crippen LogP contribution in [0.1, 0.15) is 15.9 Å². The Hall–Kier alpha value is -1.92. The van der Waals surface area contributed by atoms with Crippen molar-refractivity contribution in [3.05, 3.63) is 63.3 Å². The summed E-state index contributed by atoms with van der Waals surface area (Å²) in [6, 6.07) is 8.84. The number of nitrogens with one attached hydrogen (secondary N) is 1. The first-order valence-corrected chi connectivity index (χ1v) is 7.53.